The zero-order valence-corrected chi connectivity index (χ0v) is 13.2. The molecule has 0 aliphatic carbocycles. The molecule has 2 aliphatic heterocycles. The number of nitrogen functional groups attached to an aromatic ring is 1. The van der Waals surface area contributed by atoms with E-state index in [1.165, 1.54) is 6.33 Å². The van der Waals surface area contributed by atoms with Gasteiger partial charge in [-0.15, -0.1) is 0 Å². The normalized spacial score (nSPS) is 32.5. The van der Waals surface area contributed by atoms with Crippen LogP contribution in [0.1, 0.15) is 13.8 Å². The van der Waals surface area contributed by atoms with Crippen LogP contribution in [0.5, 0.6) is 0 Å². The Bertz CT molecular complexity index is 733. The number of anilines is 1. The molecule has 2 aliphatic rings. The number of nitrogens with two attached hydrogens (primary N) is 1. The van der Waals surface area contributed by atoms with E-state index in [-0.39, 0.29) is 18.3 Å². The van der Waals surface area contributed by atoms with Crippen LogP contribution in [0.3, 0.4) is 0 Å². The first-order valence-corrected chi connectivity index (χ1v) is 7.44. The van der Waals surface area contributed by atoms with E-state index in [0.717, 1.165) is 0 Å². The molecule has 4 atom stereocenters. The summed E-state index contributed by atoms with van der Waals surface area (Å²) in [5, 5.41) is 0. The summed E-state index contributed by atoms with van der Waals surface area (Å²) in [6.07, 6.45) is 1.93. The minimum absolute atomic E-state index is 0.236. The lowest BCUT2D eigenvalue weighted by atomic mass is 10.1. The minimum atomic E-state index is -0.666. The second-order valence-corrected chi connectivity index (χ2v) is 6.17. The first kappa shape index (κ1) is 14.8. The second kappa shape index (κ2) is 5.10. The summed E-state index contributed by atoms with van der Waals surface area (Å²) in [6, 6.07) is 0. The Balaban J connectivity index is 1.58. The average molecular weight is 321 g/mol. The topological polar surface area (TPSA) is 107 Å². The lowest BCUT2D eigenvalue weighted by Gasteiger charge is -2.25. The molecular formula is C14H19N5O4. The van der Waals surface area contributed by atoms with E-state index in [1.54, 1.807) is 13.4 Å². The van der Waals surface area contributed by atoms with Crippen LogP contribution < -0.4 is 5.73 Å². The minimum Gasteiger partial charge on any atom is -0.382 e. The van der Waals surface area contributed by atoms with Gasteiger partial charge in [-0.05, 0) is 13.8 Å². The van der Waals surface area contributed by atoms with Crippen LogP contribution in [0.4, 0.5) is 5.82 Å². The Morgan fingerprint density at radius 2 is 2.13 bits per heavy atom. The van der Waals surface area contributed by atoms with Gasteiger partial charge in [-0.25, -0.2) is 15.0 Å². The lowest BCUT2D eigenvalue weighted by Crippen LogP contribution is -2.38. The standard InChI is InChI=1S/C14H19N5O4/c1-14(2)22-10-9(20-3)7(21-13(10)23-14)4-19-6-18-8-11(15)16-5-17-12(8)19/h5-7,9-10,13H,4H2,1-3H3,(H2,15,16,17)/t7-,9-,10+,13+/m1/s1. The highest BCUT2D eigenvalue weighted by Gasteiger charge is 2.55. The van der Waals surface area contributed by atoms with Gasteiger partial charge in [0.1, 0.15) is 30.2 Å². The summed E-state index contributed by atoms with van der Waals surface area (Å²) in [4.78, 5) is 12.4. The number of ether oxygens (including phenoxy) is 4. The third-order valence-corrected chi connectivity index (χ3v) is 4.17. The predicted molar refractivity (Wildman–Crippen MR) is 79.2 cm³/mol. The van der Waals surface area contributed by atoms with Gasteiger partial charge in [0.25, 0.3) is 0 Å². The molecule has 0 spiro atoms. The largest absolute Gasteiger partial charge is 0.382 e. The van der Waals surface area contributed by atoms with E-state index in [0.29, 0.717) is 23.5 Å². The molecule has 0 aromatic carbocycles. The molecule has 2 aromatic heterocycles. The van der Waals surface area contributed by atoms with Crippen LogP contribution in [0.2, 0.25) is 0 Å². The molecule has 0 bridgehead atoms. The van der Waals surface area contributed by atoms with Crippen LogP contribution in [0.25, 0.3) is 11.2 Å². The summed E-state index contributed by atoms with van der Waals surface area (Å²) in [7, 11) is 1.64. The molecule has 0 radical (unpaired) electrons. The third-order valence-electron chi connectivity index (χ3n) is 4.17. The molecule has 2 saturated heterocycles. The number of hydrogen-bond acceptors (Lipinski definition) is 8. The Kier molecular flexibility index (Phi) is 3.27. The monoisotopic (exact) mass is 321 g/mol. The van der Waals surface area contributed by atoms with Gasteiger partial charge in [-0.1, -0.05) is 0 Å². The fourth-order valence-electron chi connectivity index (χ4n) is 3.21. The molecule has 23 heavy (non-hydrogen) atoms. The van der Waals surface area contributed by atoms with Gasteiger partial charge in [0.15, 0.2) is 23.5 Å². The molecule has 0 amide bonds. The van der Waals surface area contributed by atoms with Gasteiger partial charge in [0.05, 0.1) is 12.9 Å². The Morgan fingerprint density at radius 3 is 2.91 bits per heavy atom. The number of rotatable bonds is 3. The van der Waals surface area contributed by atoms with Gasteiger partial charge in [-0.3, -0.25) is 0 Å². The highest BCUT2D eigenvalue weighted by Crippen LogP contribution is 2.39. The molecule has 2 aromatic rings. The van der Waals surface area contributed by atoms with Crippen molar-refractivity contribution >= 4 is 17.0 Å². The fourth-order valence-corrected chi connectivity index (χ4v) is 3.21. The molecule has 4 heterocycles. The second-order valence-electron chi connectivity index (χ2n) is 6.17. The first-order chi connectivity index (χ1) is 11.0. The SMILES string of the molecule is CO[C@H]1[C@@H]2OC(C)(C)O[C@@H]2O[C@@H]1Cn1cnc2c(N)ncnc21. The zero-order valence-electron chi connectivity index (χ0n) is 13.2. The Labute approximate surface area is 132 Å². The van der Waals surface area contributed by atoms with Crippen molar-refractivity contribution in [2.75, 3.05) is 12.8 Å². The molecule has 124 valence electrons. The highest BCUT2D eigenvalue weighted by molar-refractivity contribution is 5.81. The number of methoxy groups -OCH3 is 1. The fraction of sp³-hybridized carbons (Fsp3) is 0.643. The molecule has 4 rings (SSSR count). The number of imidazole rings is 1. The highest BCUT2D eigenvalue weighted by atomic mass is 16.8. The summed E-state index contributed by atoms with van der Waals surface area (Å²) in [5.74, 6) is -0.310. The van der Waals surface area contributed by atoms with Crippen LogP contribution in [-0.4, -0.2) is 57.0 Å². The summed E-state index contributed by atoms with van der Waals surface area (Å²) in [6.45, 7) is 4.23. The van der Waals surface area contributed by atoms with Gasteiger partial charge < -0.3 is 29.2 Å². The van der Waals surface area contributed by atoms with Crippen molar-refractivity contribution in [3.05, 3.63) is 12.7 Å². The van der Waals surface area contributed by atoms with Crippen LogP contribution >= 0.6 is 0 Å². The van der Waals surface area contributed by atoms with E-state index in [4.69, 9.17) is 24.7 Å². The van der Waals surface area contributed by atoms with E-state index < -0.39 is 12.1 Å². The maximum absolute atomic E-state index is 5.98. The van der Waals surface area contributed by atoms with Gasteiger partial charge in [0, 0.05) is 7.11 Å². The smallest absolute Gasteiger partial charge is 0.190 e. The molecule has 9 nitrogen and oxygen atoms in total. The summed E-state index contributed by atoms with van der Waals surface area (Å²) >= 11 is 0. The zero-order chi connectivity index (χ0) is 16.2. The lowest BCUT2D eigenvalue weighted by molar-refractivity contribution is -0.217. The summed E-state index contributed by atoms with van der Waals surface area (Å²) < 4.78 is 25.1. The quantitative estimate of drug-likeness (QED) is 0.860. The Hall–Kier alpha value is -1.81. The average Bonchev–Trinajstić information content (AvgIpc) is 3.10. The number of fused-ring (bicyclic) bond motifs is 2. The van der Waals surface area contributed by atoms with Crippen molar-refractivity contribution < 1.29 is 18.9 Å². The van der Waals surface area contributed by atoms with E-state index in [1.807, 2.05) is 18.4 Å². The summed E-state index contributed by atoms with van der Waals surface area (Å²) in [5.41, 5.74) is 7.05. The first-order valence-electron chi connectivity index (χ1n) is 7.44. The van der Waals surface area contributed by atoms with Crippen molar-refractivity contribution in [1.29, 1.82) is 0 Å². The van der Waals surface area contributed by atoms with Crippen molar-refractivity contribution in [3.8, 4) is 0 Å². The van der Waals surface area contributed by atoms with Crippen molar-refractivity contribution in [1.82, 2.24) is 19.5 Å². The van der Waals surface area contributed by atoms with Crippen molar-refractivity contribution in [2.45, 2.75) is 50.8 Å². The number of hydrogen-bond donors (Lipinski definition) is 1. The van der Waals surface area contributed by atoms with Gasteiger partial charge in [-0.2, -0.15) is 0 Å². The maximum atomic E-state index is 5.98. The molecule has 0 saturated carbocycles. The van der Waals surface area contributed by atoms with Crippen LogP contribution in [-0.2, 0) is 25.5 Å². The maximum Gasteiger partial charge on any atom is 0.190 e. The van der Waals surface area contributed by atoms with Crippen molar-refractivity contribution in [2.24, 2.45) is 0 Å². The molecule has 0 unspecified atom stereocenters. The molecule has 2 N–H and O–H groups in total. The van der Waals surface area contributed by atoms with E-state index in [9.17, 15) is 0 Å². The predicted octanol–water partition coefficient (Wildman–Crippen LogP) is 0.300. The molecule has 9 heteroatoms. The number of nitrogens with zero attached hydrogens (tertiary/aromatic N) is 4. The third kappa shape index (κ3) is 2.36. The van der Waals surface area contributed by atoms with Gasteiger partial charge in [0.2, 0.25) is 0 Å². The van der Waals surface area contributed by atoms with Crippen LogP contribution in [0.15, 0.2) is 12.7 Å². The van der Waals surface area contributed by atoms with Gasteiger partial charge >= 0.3 is 0 Å². The van der Waals surface area contributed by atoms with E-state index in [2.05, 4.69) is 15.0 Å². The molecule has 2 fully saturated rings. The molecular weight excluding hydrogens is 302 g/mol. The Morgan fingerprint density at radius 1 is 1.30 bits per heavy atom. The van der Waals surface area contributed by atoms with E-state index >= 15 is 0 Å². The van der Waals surface area contributed by atoms with Crippen LogP contribution in [0, 0.1) is 0 Å². The van der Waals surface area contributed by atoms with Crippen molar-refractivity contribution in [3.63, 3.8) is 0 Å². The number of aromatic nitrogens is 4.